The van der Waals surface area contributed by atoms with Gasteiger partial charge < -0.3 is 20.8 Å². The molecule has 0 fully saturated rings. The van der Waals surface area contributed by atoms with Crippen molar-refractivity contribution in [3.05, 3.63) is 29.8 Å². The molecule has 4 N–H and O–H groups in total. The van der Waals surface area contributed by atoms with Gasteiger partial charge >= 0.3 is 0 Å². The van der Waals surface area contributed by atoms with Gasteiger partial charge in [-0.2, -0.15) is 0 Å². The van der Waals surface area contributed by atoms with Crippen LogP contribution < -0.4 is 10.5 Å². The van der Waals surface area contributed by atoms with Crippen LogP contribution in [0.3, 0.4) is 0 Å². The number of aliphatic hydroxyl groups is 1. The molecule has 0 atom stereocenters. The molecule has 0 aliphatic heterocycles. The number of rotatable bonds is 5. The van der Waals surface area contributed by atoms with Crippen molar-refractivity contribution >= 4 is 5.84 Å². The maximum Gasteiger partial charge on any atom is 0.142 e. The molecular formula is C10H14N2O3. The summed E-state index contributed by atoms with van der Waals surface area (Å²) in [6.07, 6.45) is 0.344. The van der Waals surface area contributed by atoms with E-state index in [1.54, 1.807) is 12.1 Å². The fourth-order valence-electron chi connectivity index (χ4n) is 1.09. The fraction of sp³-hybridized carbons (Fsp3) is 0.300. The van der Waals surface area contributed by atoms with E-state index in [4.69, 9.17) is 20.8 Å². The van der Waals surface area contributed by atoms with Gasteiger partial charge in [0.2, 0.25) is 0 Å². The first-order valence-corrected chi connectivity index (χ1v) is 4.56. The summed E-state index contributed by atoms with van der Waals surface area (Å²) in [7, 11) is 0. The van der Waals surface area contributed by atoms with E-state index in [0.29, 0.717) is 18.8 Å². The zero-order valence-corrected chi connectivity index (χ0v) is 8.26. The molecule has 0 aliphatic carbocycles. The molecule has 1 rings (SSSR count). The van der Waals surface area contributed by atoms with Crippen molar-refractivity contribution in [3.8, 4) is 5.75 Å². The Morgan fingerprint density at radius 2 is 2.13 bits per heavy atom. The number of oxime groups is 1. The molecule has 82 valence electrons. The largest absolute Gasteiger partial charge is 0.493 e. The zero-order chi connectivity index (χ0) is 11.1. The Hall–Kier alpha value is -1.75. The highest BCUT2D eigenvalue weighted by Crippen LogP contribution is 2.17. The summed E-state index contributed by atoms with van der Waals surface area (Å²) < 4.78 is 5.37. The van der Waals surface area contributed by atoms with Crippen molar-refractivity contribution in [2.24, 2.45) is 10.9 Å². The van der Waals surface area contributed by atoms with Crippen LogP contribution in [0.2, 0.25) is 0 Å². The maximum absolute atomic E-state index is 9.00. The number of para-hydroxylation sites is 1. The van der Waals surface area contributed by atoms with Crippen LogP contribution in [0.4, 0.5) is 0 Å². The van der Waals surface area contributed by atoms with E-state index in [2.05, 4.69) is 5.16 Å². The predicted octanol–water partition coefficient (Wildman–Crippen LogP) is 0.694. The van der Waals surface area contributed by atoms with Crippen molar-refractivity contribution in [1.29, 1.82) is 0 Å². The van der Waals surface area contributed by atoms with Crippen LogP contribution in [0.15, 0.2) is 29.4 Å². The lowest BCUT2D eigenvalue weighted by Gasteiger charge is -2.08. The van der Waals surface area contributed by atoms with Crippen LogP contribution in [-0.4, -0.2) is 22.8 Å². The second kappa shape index (κ2) is 5.87. The zero-order valence-electron chi connectivity index (χ0n) is 8.26. The average Bonchev–Trinajstić information content (AvgIpc) is 2.29. The topological polar surface area (TPSA) is 88.1 Å². The minimum atomic E-state index is -0.0697. The molecule has 5 nitrogen and oxygen atoms in total. The summed E-state index contributed by atoms with van der Waals surface area (Å²) in [5.41, 5.74) is 6.00. The molecule has 15 heavy (non-hydrogen) atoms. The fourth-order valence-corrected chi connectivity index (χ4v) is 1.09. The summed E-state index contributed by atoms with van der Waals surface area (Å²) in [6.45, 7) is 0.243. The maximum atomic E-state index is 9.00. The van der Waals surface area contributed by atoms with Crippen LogP contribution in [0, 0.1) is 0 Å². The Balaban J connectivity index is 2.50. The third kappa shape index (κ3) is 3.47. The predicted molar refractivity (Wildman–Crippen MR) is 55.9 cm³/mol. The highest BCUT2D eigenvalue weighted by Gasteiger charge is 2.01. The van der Waals surface area contributed by atoms with E-state index < -0.39 is 0 Å². The second-order valence-corrected chi connectivity index (χ2v) is 2.96. The van der Waals surface area contributed by atoms with Gasteiger partial charge in [-0.15, -0.1) is 0 Å². The van der Waals surface area contributed by atoms with Crippen LogP contribution in [0.1, 0.15) is 12.0 Å². The number of benzene rings is 1. The molecule has 0 unspecified atom stereocenters. The van der Waals surface area contributed by atoms with E-state index in [1.165, 1.54) is 0 Å². The van der Waals surface area contributed by atoms with Crippen molar-refractivity contribution in [1.82, 2.24) is 0 Å². The van der Waals surface area contributed by atoms with Crippen molar-refractivity contribution in [2.75, 3.05) is 6.61 Å². The van der Waals surface area contributed by atoms with E-state index in [-0.39, 0.29) is 12.4 Å². The molecule has 0 aliphatic rings. The molecule has 0 aromatic heterocycles. The quantitative estimate of drug-likeness (QED) is 0.289. The van der Waals surface area contributed by atoms with Crippen molar-refractivity contribution < 1.29 is 15.1 Å². The molecule has 0 bridgehead atoms. The van der Waals surface area contributed by atoms with Gasteiger partial charge in [0.15, 0.2) is 0 Å². The molecule has 1 aromatic carbocycles. The minimum Gasteiger partial charge on any atom is -0.493 e. The van der Waals surface area contributed by atoms with Crippen LogP contribution in [0.25, 0.3) is 0 Å². The van der Waals surface area contributed by atoms with E-state index >= 15 is 0 Å². The average molecular weight is 210 g/mol. The Morgan fingerprint density at radius 1 is 1.40 bits per heavy atom. The Bertz CT molecular complexity index is 339. The Kier molecular flexibility index (Phi) is 4.43. The van der Waals surface area contributed by atoms with Crippen LogP contribution >= 0.6 is 0 Å². The second-order valence-electron chi connectivity index (χ2n) is 2.96. The van der Waals surface area contributed by atoms with E-state index in [0.717, 1.165) is 5.56 Å². The Morgan fingerprint density at radius 3 is 2.80 bits per heavy atom. The van der Waals surface area contributed by atoms with Gasteiger partial charge in [-0.1, -0.05) is 23.4 Å². The van der Waals surface area contributed by atoms with Gasteiger partial charge in [0.25, 0.3) is 0 Å². The molecule has 1 aromatic rings. The standard InChI is InChI=1S/C10H14N2O3/c11-10(12-14)5-6-15-9-4-2-1-3-8(9)7-13/h1-4,13-14H,5-7H2,(H2,11,12). The molecule has 5 heteroatoms. The first-order chi connectivity index (χ1) is 7.27. The number of nitrogens with two attached hydrogens (primary N) is 1. The summed E-state index contributed by atoms with van der Waals surface area (Å²) in [6, 6.07) is 7.18. The van der Waals surface area contributed by atoms with Gasteiger partial charge in [-0.3, -0.25) is 0 Å². The van der Waals surface area contributed by atoms with E-state index in [9.17, 15) is 0 Å². The first kappa shape index (κ1) is 11.3. The van der Waals surface area contributed by atoms with E-state index in [1.807, 2.05) is 12.1 Å². The highest BCUT2D eigenvalue weighted by molar-refractivity contribution is 5.79. The molecule has 0 saturated carbocycles. The molecular weight excluding hydrogens is 196 g/mol. The number of hydrogen-bond acceptors (Lipinski definition) is 4. The number of hydrogen-bond donors (Lipinski definition) is 3. The SMILES string of the molecule is NC(CCOc1ccccc1CO)=NO. The smallest absolute Gasteiger partial charge is 0.142 e. The summed E-state index contributed by atoms with van der Waals surface area (Å²) >= 11 is 0. The Labute approximate surface area is 87.8 Å². The third-order valence-corrected chi connectivity index (χ3v) is 1.89. The summed E-state index contributed by atoms with van der Waals surface area (Å²) in [4.78, 5) is 0. The normalized spacial score (nSPS) is 11.4. The number of amidine groups is 1. The number of nitrogens with zero attached hydrogens (tertiary/aromatic N) is 1. The van der Waals surface area contributed by atoms with Gasteiger partial charge in [0.05, 0.1) is 13.2 Å². The molecule has 0 spiro atoms. The summed E-state index contributed by atoms with van der Waals surface area (Å²) in [5.74, 6) is 0.738. The first-order valence-electron chi connectivity index (χ1n) is 4.56. The monoisotopic (exact) mass is 210 g/mol. The molecule has 0 saturated heterocycles. The number of aliphatic hydroxyl groups excluding tert-OH is 1. The van der Waals surface area contributed by atoms with Gasteiger partial charge in [-0.05, 0) is 6.07 Å². The lowest BCUT2D eigenvalue weighted by atomic mass is 10.2. The van der Waals surface area contributed by atoms with Crippen molar-refractivity contribution in [3.63, 3.8) is 0 Å². The van der Waals surface area contributed by atoms with Gasteiger partial charge in [-0.25, -0.2) is 0 Å². The van der Waals surface area contributed by atoms with Crippen molar-refractivity contribution in [2.45, 2.75) is 13.0 Å². The highest BCUT2D eigenvalue weighted by atomic mass is 16.5. The van der Waals surface area contributed by atoms with Crippen LogP contribution in [0.5, 0.6) is 5.75 Å². The lowest BCUT2D eigenvalue weighted by molar-refractivity contribution is 0.264. The number of ether oxygens (including phenoxy) is 1. The van der Waals surface area contributed by atoms with Gasteiger partial charge in [0.1, 0.15) is 11.6 Å². The minimum absolute atomic E-state index is 0.0697. The molecule has 0 amide bonds. The lowest BCUT2D eigenvalue weighted by Crippen LogP contribution is -2.15. The molecule has 0 heterocycles. The van der Waals surface area contributed by atoms with Crippen LogP contribution in [-0.2, 0) is 6.61 Å². The van der Waals surface area contributed by atoms with Gasteiger partial charge in [0, 0.05) is 12.0 Å². The molecule has 0 radical (unpaired) electrons. The third-order valence-electron chi connectivity index (χ3n) is 1.89. The summed E-state index contributed by atoms with van der Waals surface area (Å²) in [5, 5.41) is 20.1.